The van der Waals surface area contributed by atoms with E-state index in [4.69, 9.17) is 11.6 Å². The molecule has 0 bridgehead atoms. The molecule has 162 valence electrons. The van der Waals surface area contributed by atoms with Crippen molar-refractivity contribution in [1.82, 2.24) is 19.2 Å². The van der Waals surface area contributed by atoms with Crippen LogP contribution < -0.4 is 5.56 Å². The van der Waals surface area contributed by atoms with Crippen LogP contribution in [-0.2, 0) is 12.8 Å². The Morgan fingerprint density at radius 1 is 1.26 bits per heavy atom. The molecule has 4 aromatic rings. The molecule has 5 rings (SSSR count). The van der Waals surface area contributed by atoms with Gasteiger partial charge in [0.05, 0.1) is 11.1 Å². The summed E-state index contributed by atoms with van der Waals surface area (Å²) in [5.41, 5.74) is 1.97. The predicted octanol–water partition coefficient (Wildman–Crippen LogP) is 6.01. The highest BCUT2D eigenvalue weighted by Crippen LogP contribution is 2.38. The maximum absolute atomic E-state index is 13.8. The van der Waals surface area contributed by atoms with Crippen molar-refractivity contribution in [2.75, 3.05) is 5.75 Å². The summed E-state index contributed by atoms with van der Waals surface area (Å²) in [6.45, 7) is 6.73. The summed E-state index contributed by atoms with van der Waals surface area (Å²) in [6, 6.07) is 7.36. The lowest BCUT2D eigenvalue weighted by Gasteiger charge is -2.18. The van der Waals surface area contributed by atoms with E-state index in [1.54, 1.807) is 27.7 Å². The fourth-order valence-corrected chi connectivity index (χ4v) is 6.90. The smallest absolute Gasteiger partial charge is 0.268 e. The molecule has 31 heavy (non-hydrogen) atoms. The van der Waals surface area contributed by atoms with Crippen LogP contribution in [0, 0.1) is 11.8 Å². The van der Waals surface area contributed by atoms with Gasteiger partial charge in [-0.1, -0.05) is 44.1 Å². The van der Waals surface area contributed by atoms with E-state index in [1.807, 2.05) is 24.3 Å². The number of halogens is 1. The molecule has 1 unspecified atom stereocenters. The van der Waals surface area contributed by atoms with Crippen LogP contribution in [-0.4, -0.2) is 24.9 Å². The van der Waals surface area contributed by atoms with Crippen LogP contribution in [0.3, 0.4) is 0 Å². The topological polar surface area (TPSA) is 52.2 Å². The lowest BCUT2D eigenvalue weighted by Crippen LogP contribution is -2.22. The van der Waals surface area contributed by atoms with Gasteiger partial charge in [0.15, 0.2) is 5.16 Å². The first-order valence-corrected chi connectivity index (χ1v) is 12.9. The summed E-state index contributed by atoms with van der Waals surface area (Å²) in [5, 5.41) is 11.3. The van der Waals surface area contributed by atoms with E-state index < -0.39 is 0 Å². The average molecular weight is 473 g/mol. The molecule has 0 radical (unpaired) electrons. The summed E-state index contributed by atoms with van der Waals surface area (Å²) < 4.78 is 3.80. The van der Waals surface area contributed by atoms with Crippen molar-refractivity contribution in [2.45, 2.75) is 51.6 Å². The van der Waals surface area contributed by atoms with Gasteiger partial charge in [-0.3, -0.25) is 4.79 Å². The van der Waals surface area contributed by atoms with E-state index in [0.29, 0.717) is 22.6 Å². The largest absolute Gasteiger partial charge is 0.268 e. The number of hydrogen-bond donors (Lipinski definition) is 0. The lowest BCUT2D eigenvalue weighted by atomic mass is 9.89. The van der Waals surface area contributed by atoms with E-state index >= 15 is 0 Å². The molecule has 5 nitrogen and oxygen atoms in total. The number of thioether (sulfide) groups is 1. The fourth-order valence-electron chi connectivity index (χ4n) is 4.21. The summed E-state index contributed by atoms with van der Waals surface area (Å²) in [6.07, 6.45) is 4.27. The molecule has 0 aliphatic heterocycles. The van der Waals surface area contributed by atoms with Gasteiger partial charge in [0.2, 0.25) is 5.78 Å². The number of rotatable bonds is 5. The first-order valence-electron chi connectivity index (χ1n) is 10.8. The van der Waals surface area contributed by atoms with Crippen molar-refractivity contribution in [3.63, 3.8) is 0 Å². The van der Waals surface area contributed by atoms with E-state index in [-0.39, 0.29) is 5.56 Å². The summed E-state index contributed by atoms with van der Waals surface area (Å²) in [7, 11) is 0. The van der Waals surface area contributed by atoms with Crippen molar-refractivity contribution in [3.8, 4) is 5.69 Å². The standard InChI is InChI=1S/C23H25ClN4OS2/c1-13(2)10-11-30-23-26-25-22-27(16-7-5-15(24)6-8-16)20(29)19-17-12-14(3)4-9-18(17)31-21(19)28(22)23/h5-8,13-14H,4,9-12H2,1-3H3. The average Bonchev–Trinajstić information content (AvgIpc) is 3.30. The van der Waals surface area contributed by atoms with Gasteiger partial charge in [-0.05, 0) is 67.3 Å². The maximum atomic E-state index is 13.8. The number of aryl methyl sites for hydroxylation is 1. The maximum Gasteiger partial charge on any atom is 0.268 e. The zero-order valence-electron chi connectivity index (χ0n) is 17.9. The molecule has 3 aromatic heterocycles. The van der Waals surface area contributed by atoms with E-state index in [2.05, 4.69) is 35.4 Å². The monoisotopic (exact) mass is 472 g/mol. The third-order valence-electron chi connectivity index (χ3n) is 5.94. The Kier molecular flexibility index (Phi) is 5.61. The van der Waals surface area contributed by atoms with E-state index in [1.165, 1.54) is 16.9 Å². The van der Waals surface area contributed by atoms with Gasteiger partial charge < -0.3 is 0 Å². The Hall–Kier alpha value is -1.83. The minimum absolute atomic E-state index is 0.0115. The number of nitrogens with zero attached hydrogens (tertiary/aromatic N) is 4. The van der Waals surface area contributed by atoms with Crippen LogP contribution in [0.1, 0.15) is 44.1 Å². The second kappa shape index (κ2) is 8.26. The predicted molar refractivity (Wildman–Crippen MR) is 130 cm³/mol. The molecule has 1 atom stereocenters. The van der Waals surface area contributed by atoms with Crippen LogP contribution in [0.5, 0.6) is 0 Å². The van der Waals surface area contributed by atoms with Gasteiger partial charge >= 0.3 is 0 Å². The minimum Gasteiger partial charge on any atom is -0.268 e. The van der Waals surface area contributed by atoms with Gasteiger partial charge in [0.25, 0.3) is 5.56 Å². The number of hydrogen-bond acceptors (Lipinski definition) is 5. The van der Waals surface area contributed by atoms with Crippen molar-refractivity contribution >= 4 is 50.7 Å². The van der Waals surface area contributed by atoms with Gasteiger partial charge in [-0.2, -0.15) is 0 Å². The van der Waals surface area contributed by atoms with Crippen LogP contribution in [0.25, 0.3) is 21.7 Å². The number of benzene rings is 1. The van der Waals surface area contributed by atoms with Crippen molar-refractivity contribution < 1.29 is 0 Å². The Balaban J connectivity index is 1.80. The lowest BCUT2D eigenvalue weighted by molar-refractivity contribution is 0.508. The van der Waals surface area contributed by atoms with Crippen molar-refractivity contribution in [1.29, 1.82) is 0 Å². The van der Waals surface area contributed by atoms with Gasteiger partial charge in [-0.25, -0.2) is 8.97 Å². The van der Waals surface area contributed by atoms with E-state index in [9.17, 15) is 4.79 Å². The number of fused-ring (bicyclic) bond motifs is 5. The highest BCUT2D eigenvalue weighted by atomic mass is 35.5. The molecule has 8 heteroatoms. The highest BCUT2D eigenvalue weighted by molar-refractivity contribution is 7.99. The van der Waals surface area contributed by atoms with Gasteiger partial charge in [-0.15, -0.1) is 21.5 Å². The summed E-state index contributed by atoms with van der Waals surface area (Å²) in [4.78, 5) is 16.2. The normalized spacial score (nSPS) is 16.5. The Morgan fingerprint density at radius 3 is 2.77 bits per heavy atom. The zero-order valence-corrected chi connectivity index (χ0v) is 20.3. The van der Waals surface area contributed by atoms with Crippen molar-refractivity contribution in [3.05, 3.63) is 50.1 Å². The zero-order chi connectivity index (χ0) is 21.7. The van der Waals surface area contributed by atoms with Crippen LogP contribution >= 0.6 is 34.7 Å². The van der Waals surface area contributed by atoms with Crippen molar-refractivity contribution in [2.24, 2.45) is 11.8 Å². The fraction of sp³-hybridized carbons (Fsp3) is 0.435. The molecule has 0 saturated heterocycles. The summed E-state index contributed by atoms with van der Waals surface area (Å²) in [5.74, 6) is 2.76. The van der Waals surface area contributed by atoms with Crippen LogP contribution in [0.2, 0.25) is 5.02 Å². The van der Waals surface area contributed by atoms with Gasteiger partial charge in [0, 0.05) is 15.7 Å². The SMILES string of the molecule is CC(C)CCSc1nnc2n(-c3ccc(Cl)cc3)c(=O)c3c4c(sc3n12)CCC(C)C4. The van der Waals surface area contributed by atoms with Gasteiger partial charge in [0.1, 0.15) is 4.83 Å². The first kappa shape index (κ1) is 21.0. The molecule has 3 heterocycles. The second-order valence-electron chi connectivity index (χ2n) is 8.80. The molecule has 1 aliphatic carbocycles. The molecular formula is C23H25ClN4OS2. The molecule has 1 aromatic carbocycles. The molecular weight excluding hydrogens is 448 g/mol. The van der Waals surface area contributed by atoms with Crippen LogP contribution in [0.4, 0.5) is 0 Å². The minimum atomic E-state index is -0.0115. The molecule has 0 N–H and O–H groups in total. The highest BCUT2D eigenvalue weighted by Gasteiger charge is 2.27. The third kappa shape index (κ3) is 3.70. The molecule has 0 fully saturated rings. The molecule has 1 aliphatic rings. The Morgan fingerprint density at radius 2 is 2.03 bits per heavy atom. The Labute approximate surface area is 194 Å². The van der Waals surface area contributed by atoms with E-state index in [0.717, 1.165) is 46.1 Å². The quantitative estimate of drug-likeness (QED) is 0.334. The second-order valence-corrected chi connectivity index (χ2v) is 11.4. The number of aromatic nitrogens is 4. The first-order chi connectivity index (χ1) is 14.9. The Bertz CT molecular complexity index is 1320. The molecule has 0 saturated carbocycles. The molecule has 0 amide bonds. The summed E-state index contributed by atoms with van der Waals surface area (Å²) >= 11 is 9.57. The van der Waals surface area contributed by atoms with Crippen LogP contribution in [0.15, 0.2) is 34.2 Å². The number of thiophene rings is 1. The molecule has 0 spiro atoms. The third-order valence-corrected chi connectivity index (χ3v) is 8.43.